The number of hydrogen-bond acceptors (Lipinski definition) is 4. The van der Waals surface area contributed by atoms with Gasteiger partial charge in [0, 0.05) is 18.4 Å². The first-order valence-electron chi connectivity index (χ1n) is 5.87. The van der Waals surface area contributed by atoms with Crippen LogP contribution in [0.5, 0.6) is 0 Å². The number of halogens is 1. The summed E-state index contributed by atoms with van der Waals surface area (Å²) in [4.78, 5) is 3.95. The smallest absolute Gasteiger partial charge is 0.263 e. The topological polar surface area (TPSA) is 85.1 Å². The maximum absolute atomic E-state index is 13.2. The average Bonchev–Trinajstić information content (AvgIpc) is 2.42. The molecule has 7 heteroatoms. The van der Waals surface area contributed by atoms with Crippen LogP contribution in [-0.2, 0) is 16.6 Å². The lowest BCUT2D eigenvalue weighted by Crippen LogP contribution is -2.17. The van der Waals surface area contributed by atoms with Crippen molar-refractivity contribution in [1.82, 2.24) is 4.98 Å². The third-order valence-corrected chi connectivity index (χ3v) is 4.20. The molecule has 0 aliphatic rings. The first kappa shape index (κ1) is 14.4. The molecule has 0 aliphatic carbocycles. The van der Waals surface area contributed by atoms with E-state index in [9.17, 15) is 12.8 Å². The Morgan fingerprint density at radius 3 is 2.75 bits per heavy atom. The van der Waals surface area contributed by atoms with Gasteiger partial charge in [-0.1, -0.05) is 0 Å². The number of rotatable bonds is 4. The Morgan fingerprint density at radius 2 is 2.10 bits per heavy atom. The lowest BCUT2D eigenvalue weighted by molar-refractivity contribution is 0.599. The molecular formula is C13H14FN3O2S. The Labute approximate surface area is 116 Å². The Balaban J connectivity index is 2.38. The highest BCUT2D eigenvalue weighted by atomic mass is 32.2. The Hall–Kier alpha value is -1.99. The highest BCUT2D eigenvalue weighted by Crippen LogP contribution is 2.20. The molecule has 5 nitrogen and oxygen atoms in total. The molecule has 0 aliphatic heterocycles. The molecule has 1 aromatic heterocycles. The fourth-order valence-corrected chi connectivity index (χ4v) is 2.99. The summed E-state index contributed by atoms with van der Waals surface area (Å²) in [6.07, 6.45) is 1.48. The van der Waals surface area contributed by atoms with Gasteiger partial charge in [0.2, 0.25) is 0 Å². The number of sulfonamides is 1. The number of nitrogens with two attached hydrogens (primary N) is 1. The lowest BCUT2D eigenvalue weighted by Gasteiger charge is -2.11. The number of benzene rings is 1. The molecule has 0 saturated heterocycles. The third-order valence-electron chi connectivity index (χ3n) is 2.74. The lowest BCUT2D eigenvalue weighted by atomic mass is 10.2. The zero-order chi connectivity index (χ0) is 14.8. The molecule has 20 heavy (non-hydrogen) atoms. The van der Waals surface area contributed by atoms with Crippen LogP contribution in [0.4, 0.5) is 10.1 Å². The zero-order valence-electron chi connectivity index (χ0n) is 10.8. The van der Waals surface area contributed by atoms with E-state index >= 15 is 0 Å². The Kier molecular flexibility index (Phi) is 4.01. The predicted octanol–water partition coefficient (Wildman–Crippen LogP) is 1.79. The number of aryl methyl sites for hydroxylation is 1. The van der Waals surface area contributed by atoms with Gasteiger partial charge in [0.25, 0.3) is 10.0 Å². The van der Waals surface area contributed by atoms with Crippen molar-refractivity contribution in [3.05, 3.63) is 53.6 Å². The van der Waals surface area contributed by atoms with Crippen molar-refractivity contribution in [3.8, 4) is 0 Å². The standard InChI is InChI=1S/C13H14FN3O2S/c1-9-7-10(4-5-11(9)14)17-20(18,19)13-3-2-6-16-12(13)8-15/h2-7,17H,8,15H2,1H3. The van der Waals surface area contributed by atoms with Crippen molar-refractivity contribution in [2.24, 2.45) is 5.73 Å². The first-order valence-corrected chi connectivity index (χ1v) is 7.35. The molecule has 0 bridgehead atoms. The van der Waals surface area contributed by atoms with Gasteiger partial charge >= 0.3 is 0 Å². The van der Waals surface area contributed by atoms with E-state index in [1.807, 2.05) is 0 Å². The molecule has 0 atom stereocenters. The van der Waals surface area contributed by atoms with E-state index in [4.69, 9.17) is 5.73 Å². The second-order valence-electron chi connectivity index (χ2n) is 4.22. The SMILES string of the molecule is Cc1cc(NS(=O)(=O)c2cccnc2CN)ccc1F. The largest absolute Gasteiger partial charge is 0.325 e. The van der Waals surface area contributed by atoms with Gasteiger partial charge in [0.05, 0.1) is 5.69 Å². The van der Waals surface area contributed by atoms with E-state index in [1.54, 1.807) is 6.92 Å². The number of aromatic nitrogens is 1. The Morgan fingerprint density at radius 1 is 1.35 bits per heavy atom. The molecule has 0 unspecified atom stereocenters. The van der Waals surface area contributed by atoms with Crippen LogP contribution in [-0.4, -0.2) is 13.4 Å². The molecule has 0 saturated carbocycles. The van der Waals surface area contributed by atoms with Crippen LogP contribution in [0.3, 0.4) is 0 Å². The molecule has 2 rings (SSSR count). The maximum Gasteiger partial charge on any atom is 0.263 e. The minimum Gasteiger partial charge on any atom is -0.325 e. The quantitative estimate of drug-likeness (QED) is 0.900. The van der Waals surface area contributed by atoms with Crippen molar-refractivity contribution in [2.45, 2.75) is 18.4 Å². The molecule has 1 heterocycles. The number of nitrogens with one attached hydrogen (secondary N) is 1. The Bertz CT molecular complexity index is 732. The second-order valence-corrected chi connectivity index (χ2v) is 5.87. The normalized spacial score (nSPS) is 11.3. The zero-order valence-corrected chi connectivity index (χ0v) is 11.6. The molecule has 106 valence electrons. The molecule has 2 aromatic rings. The van der Waals surface area contributed by atoms with Gasteiger partial charge in [0.15, 0.2) is 0 Å². The summed E-state index contributed by atoms with van der Waals surface area (Å²) in [5, 5.41) is 0. The third kappa shape index (κ3) is 2.94. The molecule has 0 radical (unpaired) electrons. The number of pyridine rings is 1. The van der Waals surface area contributed by atoms with Crippen LogP contribution in [0.2, 0.25) is 0 Å². The van der Waals surface area contributed by atoms with Gasteiger partial charge in [-0.15, -0.1) is 0 Å². The molecule has 0 fully saturated rings. The minimum absolute atomic E-state index is 0.0134. The fraction of sp³-hybridized carbons (Fsp3) is 0.154. The van der Waals surface area contributed by atoms with E-state index in [0.29, 0.717) is 5.56 Å². The number of hydrogen-bond donors (Lipinski definition) is 2. The second kappa shape index (κ2) is 5.56. The van der Waals surface area contributed by atoms with Crippen LogP contribution in [0.25, 0.3) is 0 Å². The van der Waals surface area contributed by atoms with Crippen LogP contribution >= 0.6 is 0 Å². The van der Waals surface area contributed by atoms with Gasteiger partial charge in [-0.25, -0.2) is 12.8 Å². The van der Waals surface area contributed by atoms with Crippen LogP contribution in [0.15, 0.2) is 41.4 Å². The van der Waals surface area contributed by atoms with Gasteiger partial charge in [0.1, 0.15) is 10.7 Å². The number of anilines is 1. The van der Waals surface area contributed by atoms with Crippen molar-refractivity contribution >= 4 is 15.7 Å². The molecule has 0 amide bonds. The van der Waals surface area contributed by atoms with Crippen molar-refractivity contribution < 1.29 is 12.8 Å². The van der Waals surface area contributed by atoms with Crippen LogP contribution < -0.4 is 10.5 Å². The number of nitrogens with zero attached hydrogens (tertiary/aromatic N) is 1. The van der Waals surface area contributed by atoms with E-state index in [-0.39, 0.29) is 22.8 Å². The summed E-state index contributed by atoms with van der Waals surface area (Å²) < 4.78 is 40.1. The van der Waals surface area contributed by atoms with Crippen LogP contribution in [0, 0.1) is 12.7 Å². The average molecular weight is 295 g/mol. The molecule has 1 aromatic carbocycles. The molecular weight excluding hydrogens is 281 g/mol. The summed E-state index contributed by atoms with van der Waals surface area (Å²) in [6, 6.07) is 6.93. The van der Waals surface area contributed by atoms with Crippen molar-refractivity contribution in [1.29, 1.82) is 0 Å². The molecule has 0 spiro atoms. The highest BCUT2D eigenvalue weighted by molar-refractivity contribution is 7.92. The predicted molar refractivity (Wildman–Crippen MR) is 74.1 cm³/mol. The van der Waals surface area contributed by atoms with Gasteiger partial charge in [-0.3, -0.25) is 9.71 Å². The highest BCUT2D eigenvalue weighted by Gasteiger charge is 2.18. The van der Waals surface area contributed by atoms with E-state index in [0.717, 1.165) is 0 Å². The monoisotopic (exact) mass is 295 g/mol. The van der Waals surface area contributed by atoms with E-state index < -0.39 is 15.8 Å². The van der Waals surface area contributed by atoms with E-state index in [1.165, 1.54) is 36.5 Å². The van der Waals surface area contributed by atoms with E-state index in [2.05, 4.69) is 9.71 Å². The summed E-state index contributed by atoms with van der Waals surface area (Å²) in [5.41, 5.74) is 6.40. The van der Waals surface area contributed by atoms with Crippen molar-refractivity contribution in [2.75, 3.05) is 4.72 Å². The maximum atomic E-state index is 13.2. The van der Waals surface area contributed by atoms with Crippen molar-refractivity contribution in [3.63, 3.8) is 0 Å². The summed E-state index contributed by atoms with van der Waals surface area (Å²) in [5.74, 6) is -0.392. The molecule has 3 N–H and O–H groups in total. The summed E-state index contributed by atoms with van der Waals surface area (Å²) in [7, 11) is -3.80. The van der Waals surface area contributed by atoms with Crippen LogP contribution in [0.1, 0.15) is 11.3 Å². The first-order chi connectivity index (χ1) is 9.44. The van der Waals surface area contributed by atoms with Gasteiger partial charge < -0.3 is 5.73 Å². The summed E-state index contributed by atoms with van der Waals surface area (Å²) in [6.45, 7) is 1.57. The fourth-order valence-electron chi connectivity index (χ4n) is 1.74. The summed E-state index contributed by atoms with van der Waals surface area (Å²) >= 11 is 0. The van der Waals surface area contributed by atoms with Gasteiger partial charge in [-0.05, 0) is 42.8 Å². The minimum atomic E-state index is -3.80. The van der Waals surface area contributed by atoms with Gasteiger partial charge in [-0.2, -0.15) is 0 Å².